The van der Waals surface area contributed by atoms with E-state index in [-0.39, 0.29) is 5.39 Å². The number of aliphatic hydroxyl groups excluding tert-OH is 1. The van der Waals surface area contributed by atoms with Crippen molar-refractivity contribution in [3.63, 3.8) is 0 Å². The summed E-state index contributed by atoms with van der Waals surface area (Å²) in [5, 5.41) is 9.14. The van der Waals surface area contributed by atoms with E-state index < -0.39 is 18.3 Å². The van der Waals surface area contributed by atoms with Crippen LogP contribution >= 0.6 is 0 Å². The summed E-state index contributed by atoms with van der Waals surface area (Å²) in [7, 11) is 1.65. The van der Waals surface area contributed by atoms with Gasteiger partial charge in [-0.2, -0.15) is 13.2 Å². The maximum atomic E-state index is 12.8. The number of hydrogen-bond donors (Lipinski definition) is 1. The maximum absolute atomic E-state index is 12.8. The van der Waals surface area contributed by atoms with Crippen LogP contribution < -0.4 is 0 Å². The summed E-state index contributed by atoms with van der Waals surface area (Å²) in [4.78, 5) is 0. The molecule has 0 unspecified atom stereocenters. The van der Waals surface area contributed by atoms with Crippen molar-refractivity contribution in [2.75, 3.05) is 0 Å². The number of halogens is 3. The number of fused-ring (bicyclic) bond motifs is 1. The van der Waals surface area contributed by atoms with Crippen molar-refractivity contribution >= 4 is 10.9 Å². The number of rotatable bonds is 1. The second-order valence-corrected chi connectivity index (χ2v) is 3.62. The van der Waals surface area contributed by atoms with Gasteiger partial charge in [-0.15, -0.1) is 0 Å². The molecule has 1 aromatic heterocycles. The summed E-state index contributed by atoms with van der Waals surface area (Å²) < 4.78 is 39.8. The third-order valence-electron chi connectivity index (χ3n) is 2.57. The van der Waals surface area contributed by atoms with Gasteiger partial charge >= 0.3 is 6.18 Å². The summed E-state index contributed by atoms with van der Waals surface area (Å²) in [6.07, 6.45) is -2.88. The Morgan fingerprint density at radius 3 is 2.56 bits per heavy atom. The van der Waals surface area contributed by atoms with E-state index in [2.05, 4.69) is 0 Å². The largest absolute Gasteiger partial charge is 0.417 e. The average molecular weight is 229 g/mol. The lowest BCUT2D eigenvalue weighted by molar-refractivity contribution is -0.136. The van der Waals surface area contributed by atoms with Gasteiger partial charge in [0.05, 0.1) is 12.2 Å². The number of aromatic nitrogens is 1. The van der Waals surface area contributed by atoms with Crippen LogP contribution in [-0.2, 0) is 19.8 Å². The quantitative estimate of drug-likeness (QED) is 0.799. The zero-order valence-electron chi connectivity index (χ0n) is 8.54. The van der Waals surface area contributed by atoms with Crippen LogP contribution in [0.1, 0.15) is 11.1 Å². The van der Waals surface area contributed by atoms with Crippen LogP contribution in [-0.4, -0.2) is 9.67 Å². The van der Waals surface area contributed by atoms with Gasteiger partial charge in [-0.05, 0) is 12.1 Å². The second kappa shape index (κ2) is 3.52. The van der Waals surface area contributed by atoms with Gasteiger partial charge in [0.15, 0.2) is 0 Å². The molecule has 2 aromatic rings. The Morgan fingerprint density at radius 1 is 1.31 bits per heavy atom. The highest BCUT2D eigenvalue weighted by Gasteiger charge is 2.33. The lowest BCUT2D eigenvalue weighted by Crippen LogP contribution is -2.06. The molecule has 86 valence electrons. The molecule has 16 heavy (non-hydrogen) atoms. The Labute approximate surface area is 89.9 Å². The van der Waals surface area contributed by atoms with Crippen LogP contribution in [0.4, 0.5) is 13.2 Å². The van der Waals surface area contributed by atoms with Crippen LogP contribution in [0.25, 0.3) is 10.9 Å². The Morgan fingerprint density at radius 2 is 2.00 bits per heavy atom. The van der Waals surface area contributed by atoms with Gasteiger partial charge in [0.2, 0.25) is 0 Å². The Kier molecular flexibility index (Phi) is 2.42. The lowest BCUT2D eigenvalue weighted by atomic mass is 10.1. The number of aryl methyl sites for hydroxylation is 1. The first-order valence-electron chi connectivity index (χ1n) is 4.70. The van der Waals surface area contributed by atoms with Crippen LogP contribution in [0.15, 0.2) is 24.4 Å². The molecule has 5 heteroatoms. The van der Waals surface area contributed by atoms with Gasteiger partial charge in [-0.1, -0.05) is 6.07 Å². The first-order chi connectivity index (χ1) is 7.45. The third kappa shape index (κ3) is 1.57. The Bertz CT molecular complexity index is 528. The van der Waals surface area contributed by atoms with E-state index >= 15 is 0 Å². The zero-order valence-corrected chi connectivity index (χ0v) is 8.54. The first kappa shape index (κ1) is 11.0. The molecular weight excluding hydrogens is 219 g/mol. The second-order valence-electron chi connectivity index (χ2n) is 3.62. The summed E-state index contributed by atoms with van der Waals surface area (Å²) in [6.45, 7) is -0.398. The average Bonchev–Trinajstić information content (AvgIpc) is 2.54. The van der Waals surface area contributed by atoms with Crippen molar-refractivity contribution in [2.45, 2.75) is 12.8 Å². The molecule has 0 amide bonds. The molecule has 1 heterocycles. The number of hydrogen-bond acceptors (Lipinski definition) is 1. The van der Waals surface area contributed by atoms with Crippen LogP contribution in [0, 0.1) is 0 Å². The summed E-state index contributed by atoms with van der Waals surface area (Å²) in [5.74, 6) is 0. The molecule has 0 saturated heterocycles. The molecular formula is C11H10F3NO. The lowest BCUT2D eigenvalue weighted by Gasteiger charge is -2.09. The predicted molar refractivity (Wildman–Crippen MR) is 53.8 cm³/mol. The molecule has 0 aliphatic heterocycles. The minimum atomic E-state index is -4.40. The van der Waals surface area contributed by atoms with Crippen LogP contribution in [0.2, 0.25) is 0 Å². The van der Waals surface area contributed by atoms with E-state index in [1.165, 1.54) is 12.3 Å². The normalized spacial score (nSPS) is 12.3. The molecule has 1 N–H and O–H groups in total. The van der Waals surface area contributed by atoms with Crippen molar-refractivity contribution < 1.29 is 18.3 Å². The number of benzene rings is 1. The molecule has 0 bridgehead atoms. The number of nitrogens with zero attached hydrogens (tertiary/aromatic N) is 1. The van der Waals surface area contributed by atoms with Crippen LogP contribution in [0.3, 0.4) is 0 Å². The highest BCUT2D eigenvalue weighted by molar-refractivity contribution is 5.87. The molecule has 0 fully saturated rings. The monoisotopic (exact) mass is 229 g/mol. The summed E-state index contributed by atoms with van der Waals surface area (Å²) >= 11 is 0. The highest BCUT2D eigenvalue weighted by Crippen LogP contribution is 2.36. The summed E-state index contributed by atoms with van der Waals surface area (Å²) in [5.41, 5.74) is 0.0685. The summed E-state index contributed by atoms with van der Waals surface area (Å²) in [6, 6.07) is 4.00. The van der Waals surface area contributed by atoms with Crippen molar-refractivity contribution in [2.24, 2.45) is 7.05 Å². The van der Waals surface area contributed by atoms with Crippen molar-refractivity contribution in [3.05, 3.63) is 35.5 Å². The molecule has 0 radical (unpaired) electrons. The van der Waals surface area contributed by atoms with Gasteiger partial charge < -0.3 is 9.67 Å². The number of aliphatic hydroxyl groups is 1. The fraction of sp³-hybridized carbons (Fsp3) is 0.273. The van der Waals surface area contributed by atoms with Gasteiger partial charge in [-0.3, -0.25) is 0 Å². The van der Waals surface area contributed by atoms with E-state index in [0.717, 1.165) is 6.07 Å². The Balaban J connectivity index is 2.85. The molecule has 0 spiro atoms. The molecule has 0 aliphatic carbocycles. The zero-order chi connectivity index (χ0) is 11.9. The van der Waals surface area contributed by atoms with E-state index in [1.807, 2.05) is 0 Å². The molecule has 0 atom stereocenters. The van der Waals surface area contributed by atoms with Crippen molar-refractivity contribution in [3.8, 4) is 0 Å². The first-order valence-corrected chi connectivity index (χ1v) is 4.70. The van der Waals surface area contributed by atoms with E-state index in [9.17, 15) is 13.2 Å². The van der Waals surface area contributed by atoms with E-state index in [4.69, 9.17) is 5.11 Å². The van der Waals surface area contributed by atoms with Crippen molar-refractivity contribution in [1.82, 2.24) is 4.57 Å². The predicted octanol–water partition coefficient (Wildman–Crippen LogP) is 2.69. The third-order valence-corrected chi connectivity index (χ3v) is 2.57. The fourth-order valence-corrected chi connectivity index (χ4v) is 1.90. The van der Waals surface area contributed by atoms with E-state index in [0.29, 0.717) is 11.1 Å². The van der Waals surface area contributed by atoms with Crippen LogP contribution in [0.5, 0.6) is 0 Å². The smallest absolute Gasteiger partial charge is 0.392 e. The minimum absolute atomic E-state index is 0.0833. The van der Waals surface area contributed by atoms with E-state index in [1.54, 1.807) is 17.7 Å². The topological polar surface area (TPSA) is 25.2 Å². The molecule has 2 rings (SSSR count). The van der Waals surface area contributed by atoms with Gasteiger partial charge in [0.1, 0.15) is 0 Å². The Hall–Kier alpha value is -1.49. The van der Waals surface area contributed by atoms with Crippen molar-refractivity contribution in [1.29, 1.82) is 0 Å². The van der Waals surface area contributed by atoms with Gasteiger partial charge in [0, 0.05) is 29.7 Å². The minimum Gasteiger partial charge on any atom is -0.392 e. The number of alkyl halides is 3. The molecule has 1 aromatic carbocycles. The standard InChI is InChI=1S/C11H10F3NO/c1-15-5-7(6-16)10-8(11(12,13)14)3-2-4-9(10)15/h2-5,16H,6H2,1H3. The maximum Gasteiger partial charge on any atom is 0.417 e. The van der Waals surface area contributed by atoms with Gasteiger partial charge in [-0.25, -0.2) is 0 Å². The molecule has 2 nitrogen and oxygen atoms in total. The molecule has 0 aliphatic rings. The highest BCUT2D eigenvalue weighted by atomic mass is 19.4. The SMILES string of the molecule is Cn1cc(CO)c2c(C(F)(F)F)cccc21. The van der Waals surface area contributed by atoms with Gasteiger partial charge in [0.25, 0.3) is 0 Å². The fourth-order valence-electron chi connectivity index (χ4n) is 1.90. The molecule has 0 saturated carbocycles.